The number of methoxy groups -OCH3 is 1. The van der Waals surface area contributed by atoms with E-state index in [9.17, 15) is 9.18 Å². The van der Waals surface area contributed by atoms with E-state index >= 15 is 0 Å². The monoisotopic (exact) mass is 277 g/mol. The predicted molar refractivity (Wildman–Crippen MR) is 74.2 cm³/mol. The molecule has 4 heteroatoms. The van der Waals surface area contributed by atoms with Crippen molar-refractivity contribution in [3.63, 3.8) is 0 Å². The predicted octanol–water partition coefficient (Wildman–Crippen LogP) is 2.95. The summed E-state index contributed by atoms with van der Waals surface area (Å²) in [6.45, 7) is 1.51. The van der Waals surface area contributed by atoms with Gasteiger partial charge in [0.05, 0.1) is 7.11 Å². The van der Waals surface area contributed by atoms with Crippen molar-refractivity contribution in [3.05, 3.63) is 29.6 Å². The lowest BCUT2D eigenvalue weighted by atomic mass is 9.89. The molecule has 1 aliphatic carbocycles. The number of benzene rings is 1. The molecule has 2 fully saturated rings. The number of carbonyl (C=O) groups excluding carboxylic acids is 1. The van der Waals surface area contributed by atoms with E-state index in [1.54, 1.807) is 6.07 Å². The Balaban J connectivity index is 1.64. The van der Waals surface area contributed by atoms with Gasteiger partial charge in [0, 0.05) is 25.1 Å². The molecule has 0 atom stereocenters. The minimum atomic E-state index is -0.198. The second kappa shape index (κ2) is 5.43. The van der Waals surface area contributed by atoms with Gasteiger partial charge in [0.1, 0.15) is 11.6 Å². The highest BCUT2D eigenvalue weighted by Gasteiger charge is 2.35. The fraction of sp³-hybridized carbons (Fsp3) is 0.562. The Morgan fingerprint density at radius 2 is 1.95 bits per heavy atom. The Hall–Kier alpha value is -1.58. The first-order valence-electron chi connectivity index (χ1n) is 7.31. The van der Waals surface area contributed by atoms with Gasteiger partial charge in [0.25, 0.3) is 0 Å². The molecule has 0 radical (unpaired) electrons. The second-order valence-electron chi connectivity index (χ2n) is 5.76. The van der Waals surface area contributed by atoms with E-state index in [4.69, 9.17) is 4.74 Å². The highest BCUT2D eigenvalue weighted by atomic mass is 19.1. The first kappa shape index (κ1) is 13.4. The Bertz CT molecular complexity index is 505. The minimum absolute atomic E-state index is 0.198. The number of likely N-dealkylation sites (tertiary alicyclic amines) is 1. The molecule has 1 aromatic rings. The number of carbonyl (C=O) groups is 1. The molecule has 3 rings (SSSR count). The van der Waals surface area contributed by atoms with E-state index in [-0.39, 0.29) is 17.7 Å². The summed E-state index contributed by atoms with van der Waals surface area (Å²) in [5.74, 6) is 1.15. The largest absolute Gasteiger partial charge is 0.497 e. The standard InChI is InChI=1S/C16H20FNO2/c1-20-13-4-5-14(15(17)10-13)11-6-8-18(9-7-11)16(19)12-2-3-12/h4-5,10-12H,2-3,6-9H2,1H3. The zero-order valence-corrected chi connectivity index (χ0v) is 11.8. The molecule has 1 aliphatic heterocycles. The minimum Gasteiger partial charge on any atom is -0.497 e. The first-order valence-corrected chi connectivity index (χ1v) is 7.31. The van der Waals surface area contributed by atoms with Crippen LogP contribution in [0, 0.1) is 11.7 Å². The molecule has 3 nitrogen and oxygen atoms in total. The van der Waals surface area contributed by atoms with Crippen LogP contribution >= 0.6 is 0 Å². The number of hydrogen-bond donors (Lipinski definition) is 0. The fourth-order valence-electron chi connectivity index (χ4n) is 2.97. The summed E-state index contributed by atoms with van der Waals surface area (Å²) in [7, 11) is 1.54. The van der Waals surface area contributed by atoms with Crippen LogP contribution in [-0.2, 0) is 4.79 Å². The molecule has 1 heterocycles. The average Bonchev–Trinajstić information content (AvgIpc) is 3.31. The summed E-state index contributed by atoms with van der Waals surface area (Å²) in [5, 5.41) is 0. The zero-order valence-electron chi connectivity index (χ0n) is 11.8. The molecule has 0 bridgehead atoms. The van der Waals surface area contributed by atoms with Gasteiger partial charge in [-0.3, -0.25) is 4.79 Å². The van der Waals surface area contributed by atoms with Crippen LogP contribution in [0.3, 0.4) is 0 Å². The molecule has 0 N–H and O–H groups in total. The van der Waals surface area contributed by atoms with Crippen LogP contribution in [0.4, 0.5) is 4.39 Å². The number of halogens is 1. The van der Waals surface area contributed by atoms with Crippen LogP contribution in [0.5, 0.6) is 5.75 Å². The van der Waals surface area contributed by atoms with Crippen LogP contribution in [-0.4, -0.2) is 31.0 Å². The summed E-state index contributed by atoms with van der Waals surface area (Å²) >= 11 is 0. The van der Waals surface area contributed by atoms with Gasteiger partial charge in [-0.1, -0.05) is 6.07 Å². The number of hydrogen-bond acceptors (Lipinski definition) is 2. The molecular weight excluding hydrogens is 257 g/mol. The van der Waals surface area contributed by atoms with Gasteiger partial charge in [-0.15, -0.1) is 0 Å². The first-order chi connectivity index (χ1) is 9.69. The number of ether oxygens (including phenoxy) is 1. The van der Waals surface area contributed by atoms with Gasteiger partial charge in [-0.25, -0.2) is 4.39 Å². The Morgan fingerprint density at radius 1 is 1.25 bits per heavy atom. The Morgan fingerprint density at radius 3 is 2.50 bits per heavy atom. The van der Waals surface area contributed by atoms with Crippen molar-refractivity contribution in [2.75, 3.05) is 20.2 Å². The highest BCUT2D eigenvalue weighted by Crippen LogP contribution is 2.35. The number of nitrogens with zero attached hydrogens (tertiary/aromatic N) is 1. The van der Waals surface area contributed by atoms with Crippen molar-refractivity contribution in [3.8, 4) is 5.75 Å². The number of rotatable bonds is 3. The maximum Gasteiger partial charge on any atom is 0.225 e. The van der Waals surface area contributed by atoms with Crippen molar-refractivity contribution in [1.29, 1.82) is 0 Å². The number of piperidine rings is 1. The van der Waals surface area contributed by atoms with Gasteiger partial charge in [-0.05, 0) is 43.2 Å². The van der Waals surface area contributed by atoms with Gasteiger partial charge in [0.15, 0.2) is 0 Å². The van der Waals surface area contributed by atoms with Crippen LogP contribution in [0.1, 0.15) is 37.2 Å². The highest BCUT2D eigenvalue weighted by molar-refractivity contribution is 5.81. The Kier molecular flexibility index (Phi) is 3.64. The molecule has 0 aromatic heterocycles. The summed E-state index contributed by atoms with van der Waals surface area (Å²) in [4.78, 5) is 13.9. The lowest BCUT2D eigenvalue weighted by molar-refractivity contribution is -0.133. The molecule has 1 saturated carbocycles. The van der Waals surface area contributed by atoms with Crippen molar-refractivity contribution >= 4 is 5.91 Å². The fourth-order valence-corrected chi connectivity index (χ4v) is 2.97. The van der Waals surface area contributed by atoms with Crippen LogP contribution < -0.4 is 4.74 Å². The average molecular weight is 277 g/mol. The van der Waals surface area contributed by atoms with Crippen molar-refractivity contribution in [1.82, 2.24) is 4.90 Å². The molecule has 1 aromatic carbocycles. The van der Waals surface area contributed by atoms with Crippen LogP contribution in [0.25, 0.3) is 0 Å². The lowest BCUT2D eigenvalue weighted by Crippen LogP contribution is -2.38. The number of amides is 1. The molecule has 1 amide bonds. The summed E-state index contributed by atoms with van der Waals surface area (Å²) in [5.41, 5.74) is 0.754. The third kappa shape index (κ3) is 2.65. The topological polar surface area (TPSA) is 29.5 Å². The molecule has 20 heavy (non-hydrogen) atoms. The SMILES string of the molecule is COc1ccc(C2CCN(C(=O)C3CC3)CC2)c(F)c1. The third-order valence-electron chi connectivity index (χ3n) is 4.38. The van der Waals surface area contributed by atoms with Crippen LogP contribution in [0.15, 0.2) is 18.2 Å². The molecular formula is C16H20FNO2. The summed E-state index contributed by atoms with van der Waals surface area (Å²) in [6, 6.07) is 5.06. The van der Waals surface area contributed by atoms with E-state index in [1.807, 2.05) is 11.0 Å². The van der Waals surface area contributed by atoms with E-state index in [1.165, 1.54) is 13.2 Å². The van der Waals surface area contributed by atoms with Crippen LogP contribution in [0.2, 0.25) is 0 Å². The maximum atomic E-state index is 14.1. The van der Waals surface area contributed by atoms with Gasteiger partial charge >= 0.3 is 0 Å². The second-order valence-corrected chi connectivity index (χ2v) is 5.76. The molecule has 108 valence electrons. The summed E-state index contributed by atoms with van der Waals surface area (Å²) in [6.07, 6.45) is 3.79. The van der Waals surface area contributed by atoms with Crippen molar-refractivity contribution in [2.24, 2.45) is 5.92 Å². The van der Waals surface area contributed by atoms with Gasteiger partial charge < -0.3 is 9.64 Å². The van der Waals surface area contributed by atoms with Crippen molar-refractivity contribution in [2.45, 2.75) is 31.6 Å². The van der Waals surface area contributed by atoms with E-state index < -0.39 is 0 Å². The quantitative estimate of drug-likeness (QED) is 0.850. The Labute approximate surface area is 118 Å². The molecule has 2 aliphatic rings. The molecule has 0 spiro atoms. The molecule has 1 saturated heterocycles. The molecule has 0 unspecified atom stereocenters. The third-order valence-corrected chi connectivity index (χ3v) is 4.38. The van der Waals surface area contributed by atoms with E-state index in [0.29, 0.717) is 11.7 Å². The normalized spacial score (nSPS) is 20.0. The maximum absolute atomic E-state index is 14.1. The lowest BCUT2D eigenvalue weighted by Gasteiger charge is -2.32. The zero-order chi connectivity index (χ0) is 14.1. The van der Waals surface area contributed by atoms with Gasteiger partial charge in [0.2, 0.25) is 5.91 Å². The summed E-state index contributed by atoms with van der Waals surface area (Å²) < 4.78 is 19.1. The van der Waals surface area contributed by atoms with E-state index in [2.05, 4.69) is 0 Å². The van der Waals surface area contributed by atoms with Crippen molar-refractivity contribution < 1.29 is 13.9 Å². The van der Waals surface area contributed by atoms with Gasteiger partial charge in [-0.2, -0.15) is 0 Å². The smallest absolute Gasteiger partial charge is 0.225 e. The van der Waals surface area contributed by atoms with E-state index in [0.717, 1.165) is 44.3 Å².